The third kappa shape index (κ3) is 3.26. The molecular weight excluding hydrogens is 260 g/mol. The number of rotatable bonds is 3. The monoisotopic (exact) mass is 276 g/mol. The molecule has 0 aromatic heterocycles. The number of anilines is 2. The molecule has 0 saturated heterocycles. The van der Waals surface area contributed by atoms with Crippen LogP contribution in [0.15, 0.2) is 47.4 Å². The third-order valence-corrected chi connectivity index (χ3v) is 4.01. The van der Waals surface area contributed by atoms with Gasteiger partial charge >= 0.3 is 0 Å². The average Bonchev–Trinajstić information content (AvgIpc) is 2.26. The maximum Gasteiger partial charge on any atom is 0.261 e. The van der Waals surface area contributed by atoms with E-state index in [0.29, 0.717) is 11.4 Å². The normalized spacial score (nSPS) is 11.3. The smallest absolute Gasteiger partial charge is 0.261 e. The number of aryl methyl sites for hydroxylation is 2. The van der Waals surface area contributed by atoms with Crippen molar-refractivity contribution in [2.75, 3.05) is 10.5 Å². The summed E-state index contributed by atoms with van der Waals surface area (Å²) >= 11 is 0. The van der Waals surface area contributed by atoms with E-state index in [1.54, 1.807) is 30.3 Å². The first-order valence-corrected chi connectivity index (χ1v) is 7.32. The second kappa shape index (κ2) is 4.93. The summed E-state index contributed by atoms with van der Waals surface area (Å²) in [5, 5.41) is 0. The Balaban J connectivity index is 2.37. The minimum absolute atomic E-state index is 0.173. The van der Waals surface area contributed by atoms with Gasteiger partial charge in [0.1, 0.15) is 0 Å². The quantitative estimate of drug-likeness (QED) is 0.847. The van der Waals surface area contributed by atoms with Gasteiger partial charge in [-0.05, 0) is 55.3 Å². The topological polar surface area (TPSA) is 72.2 Å². The Kier molecular flexibility index (Phi) is 3.48. The fourth-order valence-corrected chi connectivity index (χ4v) is 3.04. The zero-order chi connectivity index (χ0) is 14.0. The first-order chi connectivity index (χ1) is 8.87. The standard InChI is InChI=1S/C14H16N2O2S/c1-10-4-3-5-13(7-10)16-19(17,18)14-8-11(2)6-12(15)9-14/h3-9,16H,15H2,1-2H3. The number of nitrogens with two attached hydrogens (primary N) is 1. The van der Waals surface area contributed by atoms with Gasteiger partial charge < -0.3 is 5.73 Å². The van der Waals surface area contributed by atoms with E-state index in [1.807, 2.05) is 19.9 Å². The van der Waals surface area contributed by atoms with Gasteiger partial charge in [0.05, 0.1) is 4.90 Å². The molecule has 0 amide bonds. The molecule has 2 aromatic rings. The van der Waals surface area contributed by atoms with Gasteiger partial charge in [-0.3, -0.25) is 4.72 Å². The van der Waals surface area contributed by atoms with Crippen LogP contribution in [-0.4, -0.2) is 8.42 Å². The van der Waals surface area contributed by atoms with Crippen LogP contribution in [-0.2, 0) is 10.0 Å². The molecule has 0 radical (unpaired) electrons. The first kappa shape index (κ1) is 13.4. The predicted molar refractivity (Wildman–Crippen MR) is 77.6 cm³/mol. The van der Waals surface area contributed by atoms with Crippen molar-refractivity contribution < 1.29 is 8.42 Å². The molecule has 0 heterocycles. The SMILES string of the molecule is Cc1cccc(NS(=O)(=O)c2cc(C)cc(N)c2)c1. The summed E-state index contributed by atoms with van der Waals surface area (Å²) in [4.78, 5) is 0.173. The van der Waals surface area contributed by atoms with Crippen LogP contribution in [0.4, 0.5) is 11.4 Å². The minimum Gasteiger partial charge on any atom is -0.399 e. The minimum atomic E-state index is -3.61. The summed E-state index contributed by atoms with van der Waals surface area (Å²) < 4.78 is 27.0. The molecule has 0 aliphatic heterocycles. The third-order valence-electron chi connectivity index (χ3n) is 2.65. The van der Waals surface area contributed by atoms with Crippen LogP contribution in [0.25, 0.3) is 0 Å². The lowest BCUT2D eigenvalue weighted by Gasteiger charge is -2.10. The van der Waals surface area contributed by atoms with E-state index in [-0.39, 0.29) is 4.90 Å². The highest BCUT2D eigenvalue weighted by Gasteiger charge is 2.15. The first-order valence-electron chi connectivity index (χ1n) is 5.83. The number of nitrogen functional groups attached to an aromatic ring is 1. The van der Waals surface area contributed by atoms with Crippen LogP contribution >= 0.6 is 0 Å². The van der Waals surface area contributed by atoms with Crippen LogP contribution < -0.4 is 10.5 Å². The lowest BCUT2D eigenvalue weighted by atomic mass is 10.2. The highest BCUT2D eigenvalue weighted by atomic mass is 32.2. The van der Waals surface area contributed by atoms with Gasteiger partial charge in [0.15, 0.2) is 0 Å². The van der Waals surface area contributed by atoms with Crippen LogP contribution in [0.5, 0.6) is 0 Å². The molecule has 4 nitrogen and oxygen atoms in total. The van der Waals surface area contributed by atoms with Crippen LogP contribution in [0, 0.1) is 13.8 Å². The Morgan fingerprint density at radius 1 is 1.00 bits per heavy atom. The highest BCUT2D eigenvalue weighted by Crippen LogP contribution is 2.20. The van der Waals surface area contributed by atoms with Crippen molar-refractivity contribution in [1.82, 2.24) is 0 Å². The number of nitrogens with one attached hydrogen (secondary N) is 1. The zero-order valence-electron chi connectivity index (χ0n) is 10.8. The van der Waals surface area contributed by atoms with Crippen LogP contribution in [0.1, 0.15) is 11.1 Å². The van der Waals surface area contributed by atoms with Gasteiger partial charge in [-0.25, -0.2) is 8.42 Å². The van der Waals surface area contributed by atoms with Crippen molar-refractivity contribution in [3.63, 3.8) is 0 Å². The van der Waals surface area contributed by atoms with Crippen molar-refractivity contribution in [2.45, 2.75) is 18.7 Å². The highest BCUT2D eigenvalue weighted by molar-refractivity contribution is 7.92. The molecule has 0 atom stereocenters. The molecule has 19 heavy (non-hydrogen) atoms. The van der Waals surface area contributed by atoms with Crippen LogP contribution in [0.3, 0.4) is 0 Å². The summed E-state index contributed by atoms with van der Waals surface area (Å²) in [5.41, 5.74) is 8.46. The van der Waals surface area contributed by atoms with E-state index >= 15 is 0 Å². The molecule has 0 unspecified atom stereocenters. The molecule has 5 heteroatoms. The van der Waals surface area contributed by atoms with Gasteiger partial charge in [0.2, 0.25) is 0 Å². The Morgan fingerprint density at radius 3 is 2.37 bits per heavy atom. The number of hydrogen-bond acceptors (Lipinski definition) is 3. The Morgan fingerprint density at radius 2 is 1.74 bits per heavy atom. The molecule has 0 bridgehead atoms. The summed E-state index contributed by atoms with van der Waals surface area (Å²) in [6.45, 7) is 3.71. The molecule has 2 aromatic carbocycles. The fourth-order valence-electron chi connectivity index (χ4n) is 1.85. The van der Waals surface area contributed by atoms with E-state index in [2.05, 4.69) is 4.72 Å². The van der Waals surface area contributed by atoms with Crippen LogP contribution in [0.2, 0.25) is 0 Å². The van der Waals surface area contributed by atoms with Gasteiger partial charge in [0.25, 0.3) is 10.0 Å². The molecule has 0 aliphatic rings. The molecule has 2 rings (SSSR count). The lowest BCUT2D eigenvalue weighted by molar-refractivity contribution is 0.601. The summed E-state index contributed by atoms with van der Waals surface area (Å²) in [7, 11) is -3.61. The summed E-state index contributed by atoms with van der Waals surface area (Å²) in [5.74, 6) is 0. The molecule has 100 valence electrons. The van der Waals surface area contributed by atoms with Crippen molar-refractivity contribution >= 4 is 21.4 Å². The van der Waals surface area contributed by atoms with E-state index in [0.717, 1.165) is 11.1 Å². The van der Waals surface area contributed by atoms with Gasteiger partial charge in [-0.15, -0.1) is 0 Å². The second-order valence-electron chi connectivity index (χ2n) is 4.55. The van der Waals surface area contributed by atoms with E-state index in [4.69, 9.17) is 5.73 Å². The Labute approximate surface area is 113 Å². The van der Waals surface area contributed by atoms with E-state index < -0.39 is 10.0 Å². The molecule has 0 spiro atoms. The predicted octanol–water partition coefficient (Wildman–Crippen LogP) is 2.69. The number of sulfonamides is 1. The number of benzene rings is 2. The van der Waals surface area contributed by atoms with Crippen molar-refractivity contribution in [3.05, 3.63) is 53.6 Å². The van der Waals surface area contributed by atoms with Crippen molar-refractivity contribution in [3.8, 4) is 0 Å². The Hall–Kier alpha value is -2.01. The van der Waals surface area contributed by atoms with Crippen molar-refractivity contribution in [2.24, 2.45) is 0 Å². The molecule has 0 fully saturated rings. The number of hydrogen-bond donors (Lipinski definition) is 2. The van der Waals surface area contributed by atoms with Gasteiger partial charge in [0, 0.05) is 11.4 Å². The molecule has 0 saturated carbocycles. The largest absolute Gasteiger partial charge is 0.399 e. The maximum atomic E-state index is 12.3. The van der Waals surface area contributed by atoms with Gasteiger partial charge in [-0.1, -0.05) is 12.1 Å². The molecule has 3 N–H and O–H groups in total. The maximum absolute atomic E-state index is 12.3. The summed E-state index contributed by atoms with van der Waals surface area (Å²) in [6.07, 6.45) is 0. The molecular formula is C14H16N2O2S. The average molecular weight is 276 g/mol. The van der Waals surface area contributed by atoms with E-state index in [9.17, 15) is 8.42 Å². The van der Waals surface area contributed by atoms with Crippen molar-refractivity contribution in [1.29, 1.82) is 0 Å². The second-order valence-corrected chi connectivity index (χ2v) is 6.24. The zero-order valence-corrected chi connectivity index (χ0v) is 11.7. The molecule has 0 aliphatic carbocycles. The Bertz CT molecular complexity index is 689. The lowest BCUT2D eigenvalue weighted by Crippen LogP contribution is -2.13. The summed E-state index contributed by atoms with van der Waals surface area (Å²) in [6, 6.07) is 12.0. The van der Waals surface area contributed by atoms with E-state index in [1.165, 1.54) is 6.07 Å². The fraction of sp³-hybridized carbons (Fsp3) is 0.143. The van der Waals surface area contributed by atoms with Gasteiger partial charge in [-0.2, -0.15) is 0 Å².